The summed E-state index contributed by atoms with van der Waals surface area (Å²) in [6, 6.07) is 3.03. The highest BCUT2D eigenvalue weighted by Crippen LogP contribution is 2.42. The normalized spacial score (nSPS) is 21.8. The SMILES string of the molecule is CONC1CC(C)(C)Oc2c(C)ccc(F)c21. The summed E-state index contributed by atoms with van der Waals surface area (Å²) in [6.07, 6.45) is 0.661. The van der Waals surface area contributed by atoms with E-state index in [0.717, 1.165) is 5.56 Å². The van der Waals surface area contributed by atoms with Crippen molar-refractivity contribution in [2.45, 2.75) is 38.8 Å². The minimum Gasteiger partial charge on any atom is -0.487 e. The average molecular weight is 239 g/mol. The van der Waals surface area contributed by atoms with Gasteiger partial charge in [0.2, 0.25) is 0 Å². The van der Waals surface area contributed by atoms with E-state index in [0.29, 0.717) is 17.7 Å². The maximum absolute atomic E-state index is 13.9. The van der Waals surface area contributed by atoms with Crippen LogP contribution in [0.5, 0.6) is 5.75 Å². The molecule has 1 aliphatic heterocycles. The second kappa shape index (κ2) is 4.27. The molecule has 0 aliphatic carbocycles. The van der Waals surface area contributed by atoms with E-state index < -0.39 is 0 Å². The number of rotatable bonds is 2. The van der Waals surface area contributed by atoms with Crippen LogP contribution in [0.3, 0.4) is 0 Å². The molecule has 0 aromatic heterocycles. The molecule has 0 saturated heterocycles. The molecule has 0 spiro atoms. The molecular formula is C13H18FNO2. The number of hydrogen-bond donors (Lipinski definition) is 1. The van der Waals surface area contributed by atoms with E-state index in [1.807, 2.05) is 20.8 Å². The Morgan fingerprint density at radius 2 is 2.18 bits per heavy atom. The zero-order valence-corrected chi connectivity index (χ0v) is 10.6. The smallest absolute Gasteiger partial charge is 0.131 e. The molecule has 3 nitrogen and oxygen atoms in total. The number of halogens is 1. The first-order valence-corrected chi connectivity index (χ1v) is 5.71. The van der Waals surface area contributed by atoms with Crippen molar-refractivity contribution in [3.05, 3.63) is 29.1 Å². The molecule has 1 atom stereocenters. The van der Waals surface area contributed by atoms with Crippen LogP contribution in [0, 0.1) is 12.7 Å². The lowest BCUT2D eigenvalue weighted by Crippen LogP contribution is -2.40. The van der Waals surface area contributed by atoms with Gasteiger partial charge in [0.05, 0.1) is 13.2 Å². The summed E-state index contributed by atoms with van der Waals surface area (Å²) in [5.74, 6) is 0.381. The van der Waals surface area contributed by atoms with Gasteiger partial charge in [0, 0.05) is 12.0 Å². The van der Waals surface area contributed by atoms with E-state index in [1.165, 1.54) is 13.2 Å². The molecule has 0 fully saturated rings. The summed E-state index contributed by atoms with van der Waals surface area (Å²) in [5, 5.41) is 0. The molecule has 0 bridgehead atoms. The fraction of sp³-hybridized carbons (Fsp3) is 0.538. The van der Waals surface area contributed by atoms with Gasteiger partial charge in [0.1, 0.15) is 17.2 Å². The fourth-order valence-electron chi connectivity index (χ4n) is 2.30. The Bertz CT molecular complexity index is 432. The van der Waals surface area contributed by atoms with Crippen LogP contribution in [-0.4, -0.2) is 12.7 Å². The Morgan fingerprint density at radius 3 is 2.82 bits per heavy atom. The van der Waals surface area contributed by atoms with Gasteiger partial charge in [-0.15, -0.1) is 0 Å². The number of benzene rings is 1. The topological polar surface area (TPSA) is 30.5 Å². The highest BCUT2D eigenvalue weighted by atomic mass is 19.1. The Morgan fingerprint density at radius 1 is 1.47 bits per heavy atom. The fourth-order valence-corrected chi connectivity index (χ4v) is 2.30. The van der Waals surface area contributed by atoms with E-state index in [9.17, 15) is 4.39 Å². The van der Waals surface area contributed by atoms with Crippen molar-refractivity contribution >= 4 is 0 Å². The minimum atomic E-state index is -0.332. The zero-order valence-electron chi connectivity index (χ0n) is 10.6. The van der Waals surface area contributed by atoms with Gasteiger partial charge in [-0.1, -0.05) is 6.07 Å². The van der Waals surface area contributed by atoms with Gasteiger partial charge in [0.25, 0.3) is 0 Å². The van der Waals surface area contributed by atoms with Crippen LogP contribution < -0.4 is 10.2 Å². The van der Waals surface area contributed by atoms with Crippen LogP contribution in [0.4, 0.5) is 4.39 Å². The first-order chi connectivity index (χ1) is 7.94. The summed E-state index contributed by atoms with van der Waals surface area (Å²) in [6.45, 7) is 5.90. The molecule has 1 aromatic carbocycles. The van der Waals surface area contributed by atoms with Gasteiger partial charge in [-0.05, 0) is 32.4 Å². The molecule has 1 N–H and O–H groups in total. The zero-order chi connectivity index (χ0) is 12.6. The Balaban J connectivity index is 2.52. The number of hydrogen-bond acceptors (Lipinski definition) is 3. The van der Waals surface area contributed by atoms with Crippen LogP contribution in [0.25, 0.3) is 0 Å². The lowest BCUT2D eigenvalue weighted by atomic mass is 9.88. The molecule has 0 saturated carbocycles. The summed E-state index contributed by atoms with van der Waals surface area (Å²) in [7, 11) is 1.54. The molecule has 2 rings (SSSR count). The van der Waals surface area contributed by atoms with E-state index in [2.05, 4.69) is 5.48 Å². The van der Waals surface area contributed by atoms with Crippen LogP contribution in [-0.2, 0) is 4.84 Å². The van der Waals surface area contributed by atoms with Crippen molar-refractivity contribution in [3.63, 3.8) is 0 Å². The Labute approximate surface area is 101 Å². The molecule has 0 radical (unpaired) electrons. The van der Waals surface area contributed by atoms with Crippen molar-refractivity contribution in [1.29, 1.82) is 0 Å². The van der Waals surface area contributed by atoms with Gasteiger partial charge in [-0.25, -0.2) is 4.39 Å². The molecule has 94 valence electrons. The lowest BCUT2D eigenvalue weighted by molar-refractivity contribution is 0.000921. The standard InChI is InChI=1S/C13H18FNO2/c1-8-5-6-9(14)11-10(15-16-4)7-13(2,3)17-12(8)11/h5-6,10,15H,7H2,1-4H3. The summed E-state index contributed by atoms with van der Waals surface area (Å²) in [4.78, 5) is 4.95. The largest absolute Gasteiger partial charge is 0.487 e. The third-order valence-electron chi connectivity index (χ3n) is 3.02. The van der Waals surface area contributed by atoms with E-state index in [-0.39, 0.29) is 17.5 Å². The monoisotopic (exact) mass is 239 g/mol. The average Bonchev–Trinajstić information content (AvgIpc) is 2.22. The summed E-state index contributed by atoms with van der Waals surface area (Å²) in [5.41, 5.74) is 4.02. The van der Waals surface area contributed by atoms with Crippen molar-refractivity contribution in [3.8, 4) is 5.75 Å². The van der Waals surface area contributed by atoms with Gasteiger partial charge in [0.15, 0.2) is 0 Å². The van der Waals surface area contributed by atoms with Crippen LogP contribution >= 0.6 is 0 Å². The molecule has 0 amide bonds. The van der Waals surface area contributed by atoms with Crippen LogP contribution in [0.1, 0.15) is 37.4 Å². The van der Waals surface area contributed by atoms with Crippen molar-refractivity contribution in [2.24, 2.45) is 0 Å². The summed E-state index contributed by atoms with van der Waals surface area (Å²) >= 11 is 0. The molecule has 17 heavy (non-hydrogen) atoms. The van der Waals surface area contributed by atoms with Crippen molar-refractivity contribution in [1.82, 2.24) is 5.48 Å². The van der Waals surface area contributed by atoms with Gasteiger partial charge in [-0.3, -0.25) is 0 Å². The lowest BCUT2D eigenvalue weighted by Gasteiger charge is -2.38. The third kappa shape index (κ3) is 2.28. The molecule has 1 heterocycles. The molecule has 1 aliphatic rings. The first kappa shape index (κ1) is 12.3. The molecular weight excluding hydrogens is 221 g/mol. The number of fused-ring (bicyclic) bond motifs is 1. The van der Waals surface area contributed by atoms with Gasteiger partial charge in [-0.2, -0.15) is 5.48 Å². The molecule has 1 unspecified atom stereocenters. The van der Waals surface area contributed by atoms with E-state index >= 15 is 0 Å². The van der Waals surface area contributed by atoms with Crippen molar-refractivity contribution in [2.75, 3.05) is 7.11 Å². The first-order valence-electron chi connectivity index (χ1n) is 5.71. The number of nitrogens with one attached hydrogen (secondary N) is 1. The number of hydroxylamine groups is 1. The van der Waals surface area contributed by atoms with Crippen LogP contribution in [0.2, 0.25) is 0 Å². The van der Waals surface area contributed by atoms with E-state index in [1.54, 1.807) is 6.07 Å². The summed E-state index contributed by atoms with van der Waals surface area (Å²) < 4.78 is 19.8. The number of ether oxygens (including phenoxy) is 1. The maximum Gasteiger partial charge on any atom is 0.131 e. The molecule has 1 aromatic rings. The quantitative estimate of drug-likeness (QED) is 0.805. The Kier molecular flexibility index (Phi) is 3.10. The maximum atomic E-state index is 13.9. The van der Waals surface area contributed by atoms with Crippen LogP contribution in [0.15, 0.2) is 12.1 Å². The second-order valence-corrected chi connectivity index (χ2v) is 5.05. The van der Waals surface area contributed by atoms with E-state index in [4.69, 9.17) is 9.57 Å². The minimum absolute atomic E-state index is 0.182. The van der Waals surface area contributed by atoms with Gasteiger partial charge >= 0.3 is 0 Å². The highest BCUT2D eigenvalue weighted by molar-refractivity contribution is 5.45. The van der Waals surface area contributed by atoms with Gasteiger partial charge < -0.3 is 9.57 Å². The Hall–Kier alpha value is -1.13. The predicted octanol–water partition coefficient (Wildman–Crippen LogP) is 2.89. The van der Waals surface area contributed by atoms with Crippen molar-refractivity contribution < 1.29 is 14.0 Å². The second-order valence-electron chi connectivity index (χ2n) is 5.05. The predicted molar refractivity (Wildman–Crippen MR) is 63.3 cm³/mol. The third-order valence-corrected chi connectivity index (χ3v) is 3.02. The highest BCUT2D eigenvalue weighted by Gasteiger charge is 2.36. The number of aryl methyl sites for hydroxylation is 1. The molecule has 4 heteroatoms.